The van der Waals surface area contributed by atoms with Gasteiger partial charge in [-0.25, -0.2) is 9.50 Å². The van der Waals surface area contributed by atoms with Crippen LogP contribution in [0.15, 0.2) is 53.6 Å². The van der Waals surface area contributed by atoms with Gasteiger partial charge in [-0.1, -0.05) is 63.9 Å². The van der Waals surface area contributed by atoms with Crippen molar-refractivity contribution in [3.63, 3.8) is 0 Å². The summed E-state index contributed by atoms with van der Waals surface area (Å²) in [5.41, 5.74) is 4.84. The Kier molecular flexibility index (Phi) is 4.69. The maximum Gasteiger partial charge on any atom is 0.261 e. The summed E-state index contributed by atoms with van der Waals surface area (Å²) in [7, 11) is 0. The number of nitrogens with zero attached hydrogens (tertiary/aromatic N) is 4. The molecule has 0 N–H and O–H groups in total. The van der Waals surface area contributed by atoms with Gasteiger partial charge < -0.3 is 4.57 Å². The van der Waals surface area contributed by atoms with Crippen molar-refractivity contribution in [3.05, 3.63) is 64.8 Å². The molecule has 5 nitrogen and oxygen atoms in total. The van der Waals surface area contributed by atoms with E-state index >= 15 is 0 Å². The summed E-state index contributed by atoms with van der Waals surface area (Å²) in [4.78, 5) is 18.2. The van der Waals surface area contributed by atoms with Gasteiger partial charge >= 0.3 is 0 Å². The minimum atomic E-state index is 0.0441. The van der Waals surface area contributed by atoms with Crippen molar-refractivity contribution >= 4 is 16.6 Å². The lowest BCUT2D eigenvalue weighted by Gasteiger charge is -2.35. The van der Waals surface area contributed by atoms with Gasteiger partial charge in [-0.2, -0.15) is 5.10 Å². The molecule has 0 amide bonds. The van der Waals surface area contributed by atoms with Gasteiger partial charge in [0.15, 0.2) is 5.65 Å². The standard InChI is InChI=1S/C25H28N4O/c1-4-20-23(18-10-6-5-7-11-18)24-26-15-19-22(29(24)27-20)13-14-28(25(19)30)21-12-8-9-16(2)17(21)3/h5-7,10-11,13-17,21H,4,8-9,12H2,1-3H3/t16-,17-,21-/m0/s1. The number of aromatic nitrogens is 4. The predicted molar refractivity (Wildman–Crippen MR) is 121 cm³/mol. The molecular formula is C25H28N4O. The first kappa shape index (κ1) is 19.0. The Morgan fingerprint density at radius 3 is 2.67 bits per heavy atom. The number of pyridine rings is 1. The zero-order valence-corrected chi connectivity index (χ0v) is 17.9. The molecule has 5 heteroatoms. The fraction of sp³-hybridized carbons (Fsp3) is 0.400. The predicted octanol–water partition coefficient (Wildman–Crippen LogP) is 5.27. The van der Waals surface area contributed by atoms with Gasteiger partial charge in [-0.3, -0.25) is 4.79 Å². The van der Waals surface area contributed by atoms with Crippen molar-refractivity contribution in [1.29, 1.82) is 0 Å². The average molecular weight is 401 g/mol. The van der Waals surface area contributed by atoms with E-state index in [2.05, 4.69) is 32.9 Å². The zero-order chi connectivity index (χ0) is 20.8. The fourth-order valence-corrected chi connectivity index (χ4v) is 5.08. The summed E-state index contributed by atoms with van der Waals surface area (Å²) in [6, 6.07) is 12.6. The molecule has 0 spiro atoms. The highest BCUT2D eigenvalue weighted by Gasteiger charge is 2.29. The Bertz CT molecular complexity index is 1270. The van der Waals surface area contributed by atoms with Crippen molar-refractivity contribution in [2.75, 3.05) is 0 Å². The van der Waals surface area contributed by atoms with E-state index < -0.39 is 0 Å². The van der Waals surface area contributed by atoms with E-state index in [1.165, 1.54) is 12.8 Å². The van der Waals surface area contributed by atoms with E-state index in [9.17, 15) is 4.79 Å². The largest absolute Gasteiger partial charge is 0.311 e. The van der Waals surface area contributed by atoms with Crippen LogP contribution in [0.2, 0.25) is 0 Å². The average Bonchev–Trinajstić information content (AvgIpc) is 3.16. The SMILES string of the molecule is CCc1nn2c(ncc3c(=O)n([C@H]4CCC[C@H](C)[C@@H]4C)ccc32)c1-c1ccccc1. The molecule has 1 saturated carbocycles. The van der Waals surface area contributed by atoms with E-state index in [1.54, 1.807) is 6.20 Å². The molecule has 0 aliphatic heterocycles. The van der Waals surface area contributed by atoms with Gasteiger partial charge in [0.05, 0.1) is 16.6 Å². The fourth-order valence-electron chi connectivity index (χ4n) is 5.08. The van der Waals surface area contributed by atoms with Crippen molar-refractivity contribution in [1.82, 2.24) is 19.2 Å². The normalized spacial score (nSPS) is 22.0. The second-order valence-corrected chi connectivity index (χ2v) is 8.70. The van der Waals surface area contributed by atoms with Gasteiger partial charge in [0.25, 0.3) is 5.56 Å². The van der Waals surface area contributed by atoms with Gasteiger partial charge in [-0.15, -0.1) is 0 Å². The van der Waals surface area contributed by atoms with Gasteiger partial charge in [-0.05, 0) is 36.3 Å². The van der Waals surface area contributed by atoms with Crippen molar-refractivity contribution in [2.45, 2.75) is 52.5 Å². The summed E-state index contributed by atoms with van der Waals surface area (Å²) in [6.45, 7) is 6.68. The molecule has 3 heterocycles. The second kappa shape index (κ2) is 7.38. The lowest BCUT2D eigenvalue weighted by molar-refractivity contribution is 0.183. The smallest absolute Gasteiger partial charge is 0.261 e. The quantitative estimate of drug-likeness (QED) is 0.471. The molecule has 0 bridgehead atoms. The maximum atomic E-state index is 13.4. The van der Waals surface area contributed by atoms with Crippen LogP contribution in [-0.4, -0.2) is 19.2 Å². The minimum absolute atomic E-state index is 0.0441. The van der Waals surface area contributed by atoms with Gasteiger partial charge in [0.1, 0.15) is 0 Å². The van der Waals surface area contributed by atoms with Crippen LogP contribution in [0, 0.1) is 11.8 Å². The second-order valence-electron chi connectivity index (χ2n) is 8.70. The highest BCUT2D eigenvalue weighted by atomic mass is 16.1. The maximum absolute atomic E-state index is 13.4. The van der Waals surface area contributed by atoms with E-state index in [4.69, 9.17) is 10.1 Å². The van der Waals surface area contributed by atoms with Crippen molar-refractivity contribution in [3.8, 4) is 11.1 Å². The number of rotatable bonds is 3. The summed E-state index contributed by atoms with van der Waals surface area (Å²) in [6.07, 6.45) is 8.01. The third kappa shape index (κ3) is 2.87. The Hall–Kier alpha value is -2.95. The molecule has 1 aliphatic rings. The number of aryl methyl sites for hydroxylation is 1. The molecule has 1 aliphatic carbocycles. The molecule has 0 saturated heterocycles. The first-order valence-electron chi connectivity index (χ1n) is 11.1. The summed E-state index contributed by atoms with van der Waals surface area (Å²) in [5.74, 6) is 1.13. The third-order valence-corrected chi connectivity index (χ3v) is 7.03. The molecule has 5 rings (SSSR count). The molecule has 0 unspecified atom stereocenters. The first-order valence-corrected chi connectivity index (χ1v) is 11.1. The van der Waals surface area contributed by atoms with Gasteiger partial charge in [0, 0.05) is 24.0 Å². The van der Waals surface area contributed by atoms with Gasteiger partial charge in [0.2, 0.25) is 0 Å². The monoisotopic (exact) mass is 400 g/mol. The molecular weight excluding hydrogens is 372 g/mol. The third-order valence-electron chi connectivity index (χ3n) is 7.03. The number of fused-ring (bicyclic) bond motifs is 3. The Morgan fingerprint density at radius 2 is 1.90 bits per heavy atom. The topological polar surface area (TPSA) is 52.2 Å². The highest BCUT2D eigenvalue weighted by molar-refractivity contribution is 5.86. The Morgan fingerprint density at radius 1 is 1.10 bits per heavy atom. The lowest BCUT2D eigenvalue weighted by Crippen LogP contribution is -2.33. The van der Waals surface area contributed by atoms with Crippen LogP contribution in [0.5, 0.6) is 0 Å². The molecule has 30 heavy (non-hydrogen) atoms. The molecule has 3 atom stereocenters. The van der Waals surface area contributed by atoms with Crippen LogP contribution >= 0.6 is 0 Å². The van der Waals surface area contributed by atoms with Crippen LogP contribution in [0.1, 0.15) is 51.8 Å². The van der Waals surface area contributed by atoms with Crippen LogP contribution in [-0.2, 0) is 6.42 Å². The first-order chi connectivity index (χ1) is 14.6. The Labute approximate surface area is 176 Å². The van der Waals surface area contributed by atoms with Crippen LogP contribution in [0.3, 0.4) is 0 Å². The summed E-state index contributed by atoms with van der Waals surface area (Å²) < 4.78 is 3.80. The lowest BCUT2D eigenvalue weighted by atomic mass is 9.78. The summed E-state index contributed by atoms with van der Waals surface area (Å²) >= 11 is 0. The van der Waals surface area contributed by atoms with Crippen molar-refractivity contribution in [2.24, 2.45) is 11.8 Å². The van der Waals surface area contributed by atoms with Crippen LogP contribution in [0.25, 0.3) is 27.7 Å². The highest BCUT2D eigenvalue weighted by Crippen LogP contribution is 2.37. The van der Waals surface area contributed by atoms with Crippen LogP contribution < -0.4 is 5.56 Å². The van der Waals surface area contributed by atoms with Crippen molar-refractivity contribution < 1.29 is 0 Å². The molecule has 0 radical (unpaired) electrons. The molecule has 3 aromatic heterocycles. The number of hydrogen-bond acceptors (Lipinski definition) is 3. The molecule has 154 valence electrons. The van der Waals surface area contributed by atoms with E-state index in [0.29, 0.717) is 17.2 Å². The zero-order valence-electron chi connectivity index (χ0n) is 17.9. The minimum Gasteiger partial charge on any atom is -0.311 e. The van der Waals surface area contributed by atoms with E-state index in [0.717, 1.165) is 40.8 Å². The summed E-state index contributed by atoms with van der Waals surface area (Å²) in [5, 5.41) is 5.49. The van der Waals surface area contributed by atoms with E-state index in [-0.39, 0.29) is 11.6 Å². The molecule has 4 aromatic rings. The Balaban J connectivity index is 1.71. The number of hydrogen-bond donors (Lipinski definition) is 0. The molecule has 1 fully saturated rings. The molecule has 1 aromatic carbocycles. The number of benzene rings is 1. The van der Waals surface area contributed by atoms with E-state index in [1.807, 2.05) is 39.5 Å². The van der Waals surface area contributed by atoms with Crippen LogP contribution in [0.4, 0.5) is 0 Å².